The van der Waals surface area contributed by atoms with Gasteiger partial charge in [-0.3, -0.25) is 5.10 Å². The zero-order valence-electron chi connectivity index (χ0n) is 7.80. The van der Waals surface area contributed by atoms with Crippen LogP contribution in [0.2, 0.25) is 0 Å². The number of aromatic nitrogens is 2. The summed E-state index contributed by atoms with van der Waals surface area (Å²) in [5, 5.41) is 7.03. The molecule has 0 aromatic carbocycles. The van der Waals surface area contributed by atoms with Crippen LogP contribution in [0.4, 0.5) is 0 Å². The first-order valence-electron chi connectivity index (χ1n) is 4.45. The SMILES string of the molecule is CC(C)Cc1[nH]ncc1CCN. The van der Waals surface area contributed by atoms with Crippen molar-refractivity contribution in [2.24, 2.45) is 11.7 Å². The van der Waals surface area contributed by atoms with E-state index >= 15 is 0 Å². The second-order valence-corrected chi connectivity index (χ2v) is 3.51. The van der Waals surface area contributed by atoms with Crippen LogP contribution in [-0.4, -0.2) is 16.7 Å². The van der Waals surface area contributed by atoms with Crippen LogP contribution in [0.1, 0.15) is 25.1 Å². The molecular weight excluding hydrogens is 150 g/mol. The molecule has 3 nitrogen and oxygen atoms in total. The molecule has 0 bridgehead atoms. The van der Waals surface area contributed by atoms with Crippen molar-refractivity contribution in [1.29, 1.82) is 0 Å². The van der Waals surface area contributed by atoms with E-state index in [9.17, 15) is 0 Å². The Kier molecular flexibility index (Phi) is 3.29. The molecule has 0 aliphatic rings. The molecule has 1 heterocycles. The third kappa shape index (κ3) is 2.34. The standard InChI is InChI=1S/C9H17N3/c1-7(2)5-9-8(3-4-10)6-11-12-9/h6-7H,3-5,10H2,1-2H3,(H,11,12). The molecule has 0 amide bonds. The number of rotatable bonds is 4. The van der Waals surface area contributed by atoms with Gasteiger partial charge in [0.1, 0.15) is 0 Å². The Morgan fingerprint density at radius 1 is 1.58 bits per heavy atom. The molecule has 1 rings (SSSR count). The van der Waals surface area contributed by atoms with Crippen LogP contribution in [0, 0.1) is 5.92 Å². The second-order valence-electron chi connectivity index (χ2n) is 3.51. The van der Waals surface area contributed by atoms with E-state index in [1.807, 2.05) is 6.20 Å². The van der Waals surface area contributed by atoms with Crippen molar-refractivity contribution in [3.05, 3.63) is 17.5 Å². The molecule has 0 radical (unpaired) electrons. The average Bonchev–Trinajstić information content (AvgIpc) is 2.37. The molecule has 3 N–H and O–H groups in total. The third-order valence-corrected chi connectivity index (χ3v) is 1.83. The highest BCUT2D eigenvalue weighted by atomic mass is 15.1. The van der Waals surface area contributed by atoms with Crippen LogP contribution < -0.4 is 5.73 Å². The number of nitrogens with one attached hydrogen (secondary N) is 1. The van der Waals surface area contributed by atoms with Gasteiger partial charge in [0.25, 0.3) is 0 Å². The van der Waals surface area contributed by atoms with Crippen LogP contribution in [-0.2, 0) is 12.8 Å². The Bertz CT molecular complexity index is 227. The molecule has 0 saturated carbocycles. The first-order valence-corrected chi connectivity index (χ1v) is 4.45. The Hall–Kier alpha value is -0.830. The summed E-state index contributed by atoms with van der Waals surface area (Å²) in [6, 6.07) is 0. The fourth-order valence-electron chi connectivity index (χ4n) is 1.29. The molecule has 0 atom stereocenters. The smallest absolute Gasteiger partial charge is 0.0522 e. The molecule has 0 unspecified atom stereocenters. The molecule has 3 heteroatoms. The van der Waals surface area contributed by atoms with E-state index in [0.29, 0.717) is 12.5 Å². The van der Waals surface area contributed by atoms with Crippen molar-refractivity contribution in [1.82, 2.24) is 10.2 Å². The van der Waals surface area contributed by atoms with E-state index in [4.69, 9.17) is 5.73 Å². The summed E-state index contributed by atoms with van der Waals surface area (Å²) in [5.74, 6) is 0.668. The van der Waals surface area contributed by atoms with Crippen LogP contribution >= 0.6 is 0 Å². The van der Waals surface area contributed by atoms with Gasteiger partial charge in [-0.05, 0) is 30.9 Å². The lowest BCUT2D eigenvalue weighted by Crippen LogP contribution is -2.05. The molecule has 0 aliphatic heterocycles. The molecule has 0 saturated heterocycles. The normalized spacial score (nSPS) is 11.0. The third-order valence-electron chi connectivity index (χ3n) is 1.83. The first-order chi connectivity index (χ1) is 5.74. The van der Waals surface area contributed by atoms with E-state index < -0.39 is 0 Å². The largest absolute Gasteiger partial charge is 0.330 e. The summed E-state index contributed by atoms with van der Waals surface area (Å²) >= 11 is 0. The predicted octanol–water partition coefficient (Wildman–Crippen LogP) is 1.11. The Balaban J connectivity index is 2.63. The zero-order valence-corrected chi connectivity index (χ0v) is 7.80. The van der Waals surface area contributed by atoms with Crippen LogP contribution in [0.3, 0.4) is 0 Å². The average molecular weight is 167 g/mol. The molecule has 1 aromatic heterocycles. The summed E-state index contributed by atoms with van der Waals surface area (Å²) in [6.45, 7) is 5.10. The highest BCUT2D eigenvalue weighted by Gasteiger charge is 2.05. The van der Waals surface area contributed by atoms with Gasteiger partial charge in [0, 0.05) is 5.69 Å². The van der Waals surface area contributed by atoms with Crippen molar-refractivity contribution < 1.29 is 0 Å². The summed E-state index contributed by atoms with van der Waals surface area (Å²) in [7, 11) is 0. The van der Waals surface area contributed by atoms with Crippen molar-refractivity contribution >= 4 is 0 Å². The number of hydrogen-bond acceptors (Lipinski definition) is 2. The van der Waals surface area contributed by atoms with Crippen LogP contribution in [0.5, 0.6) is 0 Å². The van der Waals surface area contributed by atoms with E-state index in [0.717, 1.165) is 12.8 Å². The molecule has 0 spiro atoms. The lowest BCUT2D eigenvalue weighted by Gasteiger charge is -2.04. The summed E-state index contributed by atoms with van der Waals surface area (Å²) in [6.07, 6.45) is 3.87. The second kappa shape index (κ2) is 4.26. The van der Waals surface area contributed by atoms with Gasteiger partial charge >= 0.3 is 0 Å². The maximum Gasteiger partial charge on any atom is 0.0522 e. The van der Waals surface area contributed by atoms with Crippen molar-refractivity contribution in [3.8, 4) is 0 Å². The maximum atomic E-state index is 5.48. The number of hydrogen-bond donors (Lipinski definition) is 2. The maximum absolute atomic E-state index is 5.48. The van der Waals surface area contributed by atoms with Gasteiger partial charge in [0.15, 0.2) is 0 Å². The monoisotopic (exact) mass is 167 g/mol. The minimum absolute atomic E-state index is 0.668. The van der Waals surface area contributed by atoms with Crippen molar-refractivity contribution in [3.63, 3.8) is 0 Å². The van der Waals surface area contributed by atoms with Gasteiger partial charge in [-0.15, -0.1) is 0 Å². The van der Waals surface area contributed by atoms with Crippen LogP contribution in [0.25, 0.3) is 0 Å². The molecular formula is C9H17N3. The zero-order chi connectivity index (χ0) is 8.97. The molecule has 0 aliphatic carbocycles. The quantitative estimate of drug-likeness (QED) is 0.705. The number of nitrogens with two attached hydrogens (primary N) is 1. The summed E-state index contributed by atoms with van der Waals surface area (Å²) < 4.78 is 0. The highest BCUT2D eigenvalue weighted by molar-refractivity contribution is 5.16. The Morgan fingerprint density at radius 3 is 2.92 bits per heavy atom. The lowest BCUT2D eigenvalue weighted by molar-refractivity contribution is 0.629. The topological polar surface area (TPSA) is 54.7 Å². The number of H-pyrrole nitrogens is 1. The van der Waals surface area contributed by atoms with Crippen molar-refractivity contribution in [2.75, 3.05) is 6.54 Å². The van der Waals surface area contributed by atoms with Gasteiger partial charge in [-0.2, -0.15) is 5.10 Å². The van der Waals surface area contributed by atoms with Gasteiger partial charge in [0.05, 0.1) is 6.20 Å². The van der Waals surface area contributed by atoms with Gasteiger partial charge in [-0.25, -0.2) is 0 Å². The van der Waals surface area contributed by atoms with E-state index in [2.05, 4.69) is 24.0 Å². The predicted molar refractivity (Wildman–Crippen MR) is 49.9 cm³/mol. The number of nitrogens with zero attached hydrogens (tertiary/aromatic N) is 1. The van der Waals surface area contributed by atoms with Crippen molar-refractivity contribution in [2.45, 2.75) is 26.7 Å². The summed E-state index contributed by atoms with van der Waals surface area (Å²) in [5.41, 5.74) is 7.99. The van der Waals surface area contributed by atoms with Crippen LogP contribution in [0.15, 0.2) is 6.20 Å². The lowest BCUT2D eigenvalue weighted by atomic mass is 10.0. The van der Waals surface area contributed by atoms with E-state index in [1.165, 1.54) is 11.3 Å². The first kappa shape index (κ1) is 9.26. The van der Waals surface area contributed by atoms with E-state index in [-0.39, 0.29) is 0 Å². The fraction of sp³-hybridized carbons (Fsp3) is 0.667. The Morgan fingerprint density at radius 2 is 2.33 bits per heavy atom. The minimum atomic E-state index is 0.668. The number of aromatic amines is 1. The van der Waals surface area contributed by atoms with Gasteiger partial charge in [-0.1, -0.05) is 13.8 Å². The molecule has 68 valence electrons. The highest BCUT2D eigenvalue weighted by Crippen LogP contribution is 2.10. The minimum Gasteiger partial charge on any atom is -0.330 e. The fourth-order valence-corrected chi connectivity index (χ4v) is 1.29. The molecule has 12 heavy (non-hydrogen) atoms. The Labute approximate surface area is 73.4 Å². The van der Waals surface area contributed by atoms with E-state index in [1.54, 1.807) is 0 Å². The molecule has 1 aromatic rings. The molecule has 0 fully saturated rings. The van der Waals surface area contributed by atoms with Gasteiger partial charge < -0.3 is 5.73 Å². The summed E-state index contributed by atoms with van der Waals surface area (Å²) in [4.78, 5) is 0. The van der Waals surface area contributed by atoms with Gasteiger partial charge in [0.2, 0.25) is 0 Å².